The molecule has 0 fully saturated rings. The highest BCUT2D eigenvalue weighted by atomic mass is 16.4. The monoisotopic (exact) mass is 324 g/mol. The molecule has 6 nitrogen and oxygen atoms in total. The molecular weight excluding hydrogens is 308 g/mol. The number of carbonyl (C=O) groups is 1. The maximum Gasteiger partial charge on any atom is 0.335 e. The number of rotatable bonds is 4. The Bertz CT molecular complexity index is 1020. The summed E-state index contributed by atoms with van der Waals surface area (Å²) in [4.78, 5) is 38.5. The fourth-order valence-electron chi connectivity index (χ4n) is 2.71. The Kier molecular flexibility index (Phi) is 4.04. The Morgan fingerprint density at radius 1 is 1.17 bits per heavy atom. The van der Waals surface area contributed by atoms with E-state index in [0.717, 1.165) is 10.1 Å². The molecule has 0 spiro atoms. The molecule has 0 aliphatic carbocycles. The van der Waals surface area contributed by atoms with Crippen molar-refractivity contribution in [1.29, 1.82) is 0 Å². The molecule has 122 valence electrons. The van der Waals surface area contributed by atoms with Gasteiger partial charge in [-0.2, -0.15) is 0 Å². The lowest BCUT2D eigenvalue weighted by Crippen LogP contribution is -2.36. The lowest BCUT2D eigenvalue weighted by atomic mass is 10.0. The molecule has 0 aliphatic rings. The summed E-state index contributed by atoms with van der Waals surface area (Å²) in [5.41, 5.74) is 0.317. The van der Waals surface area contributed by atoms with Crippen molar-refractivity contribution in [2.24, 2.45) is 0 Å². The number of fused-ring (bicyclic) bond motifs is 1. The Labute approximate surface area is 137 Å². The van der Waals surface area contributed by atoms with Crippen LogP contribution in [0.25, 0.3) is 10.9 Å². The van der Waals surface area contributed by atoms with E-state index in [9.17, 15) is 14.4 Å². The van der Waals surface area contributed by atoms with Crippen LogP contribution in [0.5, 0.6) is 0 Å². The van der Waals surface area contributed by atoms with E-state index in [1.54, 1.807) is 0 Å². The number of nitrogens with one attached hydrogen (secondary N) is 1. The predicted molar refractivity (Wildman–Crippen MR) is 90.6 cm³/mol. The van der Waals surface area contributed by atoms with Gasteiger partial charge in [0.15, 0.2) is 0 Å². The van der Waals surface area contributed by atoms with E-state index in [-0.39, 0.29) is 23.5 Å². The highest BCUT2D eigenvalue weighted by Crippen LogP contribution is 2.16. The quantitative estimate of drug-likeness (QED) is 0.769. The molecule has 0 amide bonds. The minimum absolute atomic E-state index is 0.0132. The van der Waals surface area contributed by atoms with Crippen LogP contribution in [0.1, 0.15) is 28.8 Å². The van der Waals surface area contributed by atoms with Crippen LogP contribution in [0.15, 0.2) is 58.1 Å². The van der Waals surface area contributed by atoms with Gasteiger partial charge in [0.2, 0.25) is 0 Å². The summed E-state index contributed by atoms with van der Waals surface area (Å²) in [7, 11) is 0. The number of hydrogen-bond acceptors (Lipinski definition) is 3. The van der Waals surface area contributed by atoms with Crippen LogP contribution in [0.2, 0.25) is 0 Å². The molecule has 0 saturated heterocycles. The topological polar surface area (TPSA) is 92.2 Å². The summed E-state index contributed by atoms with van der Waals surface area (Å²) < 4.78 is 1.15. The zero-order valence-corrected chi connectivity index (χ0v) is 13.0. The summed E-state index contributed by atoms with van der Waals surface area (Å²) in [6, 6.07) is 13.7. The van der Waals surface area contributed by atoms with Gasteiger partial charge in [0.25, 0.3) is 5.56 Å². The number of carboxylic acids is 1. The first kappa shape index (κ1) is 15.7. The summed E-state index contributed by atoms with van der Waals surface area (Å²) in [5.74, 6) is -1.12. The third-order valence-corrected chi connectivity index (χ3v) is 4.05. The summed E-state index contributed by atoms with van der Waals surface area (Å²) in [5, 5.41) is 9.30. The third kappa shape index (κ3) is 2.86. The Morgan fingerprint density at radius 2 is 1.88 bits per heavy atom. The van der Waals surface area contributed by atoms with Crippen LogP contribution in [-0.2, 0) is 6.54 Å². The number of hydrogen-bond donors (Lipinski definition) is 2. The van der Waals surface area contributed by atoms with E-state index in [1.165, 1.54) is 18.2 Å². The van der Waals surface area contributed by atoms with E-state index in [1.807, 2.05) is 37.3 Å². The fraction of sp³-hybridized carbons (Fsp3) is 0.167. The molecular formula is C18H16N2O4. The maximum absolute atomic E-state index is 12.6. The lowest BCUT2D eigenvalue weighted by molar-refractivity contribution is 0.0697. The summed E-state index contributed by atoms with van der Waals surface area (Å²) in [6.07, 6.45) is 0. The van der Waals surface area contributed by atoms with Crippen molar-refractivity contribution in [3.8, 4) is 0 Å². The van der Waals surface area contributed by atoms with Crippen LogP contribution >= 0.6 is 0 Å². The van der Waals surface area contributed by atoms with Crippen molar-refractivity contribution in [2.75, 3.05) is 0 Å². The number of aromatic carboxylic acids is 1. The SMILES string of the molecule is CC(Cn1c(=O)[nH]c2cc(C(=O)O)ccc2c1=O)c1ccccc1. The van der Waals surface area contributed by atoms with Gasteiger partial charge in [-0.05, 0) is 29.7 Å². The predicted octanol–water partition coefficient (Wildman–Crippen LogP) is 2.19. The molecule has 0 bridgehead atoms. The number of aromatic nitrogens is 2. The van der Waals surface area contributed by atoms with Gasteiger partial charge in [-0.15, -0.1) is 0 Å². The molecule has 2 N–H and O–H groups in total. The summed E-state index contributed by atoms with van der Waals surface area (Å²) in [6.45, 7) is 2.19. The van der Waals surface area contributed by atoms with Crippen molar-refractivity contribution < 1.29 is 9.90 Å². The van der Waals surface area contributed by atoms with E-state index in [2.05, 4.69) is 4.98 Å². The van der Waals surface area contributed by atoms with E-state index < -0.39 is 17.2 Å². The molecule has 0 saturated carbocycles. The van der Waals surface area contributed by atoms with Gasteiger partial charge in [0.05, 0.1) is 16.5 Å². The fourth-order valence-corrected chi connectivity index (χ4v) is 2.71. The van der Waals surface area contributed by atoms with Gasteiger partial charge in [-0.1, -0.05) is 37.3 Å². The molecule has 1 heterocycles. The zero-order chi connectivity index (χ0) is 17.3. The molecule has 2 aromatic carbocycles. The van der Waals surface area contributed by atoms with Crippen molar-refractivity contribution in [2.45, 2.75) is 19.4 Å². The average molecular weight is 324 g/mol. The van der Waals surface area contributed by atoms with E-state index in [0.29, 0.717) is 5.39 Å². The van der Waals surface area contributed by atoms with Crippen molar-refractivity contribution in [3.63, 3.8) is 0 Å². The normalized spacial score (nSPS) is 12.2. The molecule has 6 heteroatoms. The van der Waals surface area contributed by atoms with Gasteiger partial charge in [-0.25, -0.2) is 9.59 Å². The van der Waals surface area contributed by atoms with Crippen LogP contribution in [0, 0.1) is 0 Å². The second kappa shape index (κ2) is 6.16. The molecule has 1 aromatic heterocycles. The van der Waals surface area contributed by atoms with E-state index >= 15 is 0 Å². The first-order valence-electron chi connectivity index (χ1n) is 7.52. The number of aromatic amines is 1. The Morgan fingerprint density at radius 3 is 2.54 bits per heavy atom. The van der Waals surface area contributed by atoms with Gasteiger partial charge in [0.1, 0.15) is 0 Å². The number of benzene rings is 2. The molecule has 3 aromatic rings. The molecule has 24 heavy (non-hydrogen) atoms. The third-order valence-electron chi connectivity index (χ3n) is 4.05. The minimum Gasteiger partial charge on any atom is -0.478 e. The molecule has 1 atom stereocenters. The highest BCUT2D eigenvalue weighted by molar-refractivity contribution is 5.92. The number of carboxylic acid groups (broad SMARTS) is 1. The highest BCUT2D eigenvalue weighted by Gasteiger charge is 2.13. The second-order valence-electron chi connectivity index (χ2n) is 5.72. The smallest absolute Gasteiger partial charge is 0.335 e. The first-order chi connectivity index (χ1) is 11.5. The van der Waals surface area contributed by atoms with Crippen molar-refractivity contribution in [3.05, 3.63) is 80.5 Å². The molecule has 0 aliphatic heterocycles. The maximum atomic E-state index is 12.6. The second-order valence-corrected chi connectivity index (χ2v) is 5.72. The van der Waals surface area contributed by atoms with Gasteiger partial charge in [-0.3, -0.25) is 9.36 Å². The number of H-pyrrole nitrogens is 1. The zero-order valence-electron chi connectivity index (χ0n) is 13.0. The number of nitrogens with zero attached hydrogens (tertiary/aromatic N) is 1. The first-order valence-corrected chi connectivity index (χ1v) is 7.52. The lowest BCUT2D eigenvalue weighted by Gasteiger charge is -2.13. The van der Waals surface area contributed by atoms with Gasteiger partial charge >= 0.3 is 11.7 Å². The van der Waals surface area contributed by atoms with Crippen molar-refractivity contribution >= 4 is 16.9 Å². The molecule has 1 unspecified atom stereocenters. The molecule has 0 radical (unpaired) electrons. The molecule has 3 rings (SSSR count). The standard InChI is InChI=1S/C18H16N2O4/c1-11(12-5-3-2-4-6-12)10-20-16(21)14-8-7-13(17(22)23)9-15(14)19-18(20)24/h2-9,11H,10H2,1H3,(H,19,24)(H,22,23). The van der Waals surface area contributed by atoms with Crippen molar-refractivity contribution in [1.82, 2.24) is 9.55 Å². The van der Waals surface area contributed by atoms with Gasteiger partial charge in [0, 0.05) is 6.54 Å². The van der Waals surface area contributed by atoms with Crippen LogP contribution in [0.4, 0.5) is 0 Å². The van der Waals surface area contributed by atoms with Crippen LogP contribution < -0.4 is 11.2 Å². The largest absolute Gasteiger partial charge is 0.478 e. The average Bonchev–Trinajstić information content (AvgIpc) is 2.58. The Hall–Kier alpha value is -3.15. The van der Waals surface area contributed by atoms with Crippen LogP contribution in [-0.4, -0.2) is 20.6 Å². The summed E-state index contributed by atoms with van der Waals surface area (Å²) >= 11 is 0. The van der Waals surface area contributed by atoms with Crippen LogP contribution in [0.3, 0.4) is 0 Å². The van der Waals surface area contributed by atoms with Gasteiger partial charge < -0.3 is 10.1 Å². The Balaban J connectivity index is 2.06. The minimum atomic E-state index is -1.11. The van der Waals surface area contributed by atoms with E-state index in [4.69, 9.17) is 5.11 Å².